The van der Waals surface area contributed by atoms with E-state index in [0.717, 1.165) is 5.56 Å². The van der Waals surface area contributed by atoms with E-state index in [0.29, 0.717) is 27.3 Å². The second kappa shape index (κ2) is 9.15. The summed E-state index contributed by atoms with van der Waals surface area (Å²) in [5.41, 5.74) is 7.34. The standard InChI is InChI=1S/C18H17N5O2S2/c19-16(25)13-6-8-14(9-7-13)21-15(24)11-26-18-23-22-17(27-18)20-10-12-4-2-1-3-5-12/h1-9H,10-11H2,(H2,19,25)(H,20,22)(H,21,24). The van der Waals surface area contributed by atoms with Crippen molar-refractivity contribution in [3.05, 3.63) is 65.7 Å². The SMILES string of the molecule is NC(=O)c1ccc(NC(=O)CSc2nnc(NCc3ccccc3)s2)cc1. The topological polar surface area (TPSA) is 110 Å². The number of carbonyl (C=O) groups excluding carboxylic acids is 2. The van der Waals surface area contributed by atoms with E-state index in [4.69, 9.17) is 5.73 Å². The molecule has 0 spiro atoms. The van der Waals surface area contributed by atoms with Gasteiger partial charge in [-0.25, -0.2) is 0 Å². The third-order valence-electron chi connectivity index (χ3n) is 3.47. The van der Waals surface area contributed by atoms with Gasteiger partial charge in [0.2, 0.25) is 16.9 Å². The van der Waals surface area contributed by atoms with Gasteiger partial charge in [0.25, 0.3) is 0 Å². The van der Waals surface area contributed by atoms with E-state index >= 15 is 0 Å². The van der Waals surface area contributed by atoms with Crippen molar-refractivity contribution in [1.82, 2.24) is 10.2 Å². The van der Waals surface area contributed by atoms with Crippen LogP contribution in [0.2, 0.25) is 0 Å². The van der Waals surface area contributed by atoms with Gasteiger partial charge in [-0.1, -0.05) is 53.4 Å². The van der Waals surface area contributed by atoms with Crippen molar-refractivity contribution in [2.45, 2.75) is 10.9 Å². The highest BCUT2D eigenvalue weighted by Gasteiger charge is 2.09. The third kappa shape index (κ3) is 5.80. The summed E-state index contributed by atoms with van der Waals surface area (Å²) in [6, 6.07) is 16.4. The Morgan fingerprint density at radius 1 is 1.04 bits per heavy atom. The number of hydrogen-bond donors (Lipinski definition) is 3. The number of aromatic nitrogens is 2. The molecule has 4 N–H and O–H groups in total. The number of rotatable bonds is 8. The monoisotopic (exact) mass is 399 g/mol. The fourth-order valence-electron chi connectivity index (χ4n) is 2.16. The lowest BCUT2D eigenvalue weighted by atomic mass is 10.2. The number of nitrogens with zero attached hydrogens (tertiary/aromatic N) is 2. The summed E-state index contributed by atoms with van der Waals surface area (Å²) < 4.78 is 0.713. The molecule has 0 unspecified atom stereocenters. The van der Waals surface area contributed by atoms with E-state index in [1.54, 1.807) is 24.3 Å². The lowest BCUT2D eigenvalue weighted by Gasteiger charge is -2.04. The van der Waals surface area contributed by atoms with Crippen molar-refractivity contribution >= 4 is 45.7 Å². The number of amides is 2. The van der Waals surface area contributed by atoms with Crippen molar-refractivity contribution in [3.8, 4) is 0 Å². The highest BCUT2D eigenvalue weighted by atomic mass is 32.2. The van der Waals surface area contributed by atoms with Crippen LogP contribution >= 0.6 is 23.1 Å². The van der Waals surface area contributed by atoms with Gasteiger partial charge in [-0.05, 0) is 29.8 Å². The fourth-order valence-corrected chi connectivity index (χ4v) is 3.70. The van der Waals surface area contributed by atoms with E-state index in [1.807, 2.05) is 30.3 Å². The Balaban J connectivity index is 1.45. The summed E-state index contributed by atoms with van der Waals surface area (Å²) in [6.07, 6.45) is 0. The molecular weight excluding hydrogens is 382 g/mol. The van der Waals surface area contributed by atoms with Crippen LogP contribution < -0.4 is 16.4 Å². The van der Waals surface area contributed by atoms with E-state index in [1.165, 1.54) is 23.1 Å². The third-order valence-corrected chi connectivity index (χ3v) is 5.49. The van der Waals surface area contributed by atoms with Gasteiger partial charge >= 0.3 is 0 Å². The molecule has 27 heavy (non-hydrogen) atoms. The lowest BCUT2D eigenvalue weighted by Crippen LogP contribution is -2.14. The van der Waals surface area contributed by atoms with Gasteiger partial charge in [0.15, 0.2) is 4.34 Å². The number of carbonyl (C=O) groups is 2. The number of nitrogens with one attached hydrogen (secondary N) is 2. The Morgan fingerprint density at radius 2 is 1.78 bits per heavy atom. The van der Waals surface area contributed by atoms with Crippen LogP contribution in [0, 0.1) is 0 Å². The molecule has 0 aliphatic heterocycles. The van der Waals surface area contributed by atoms with Gasteiger partial charge < -0.3 is 16.4 Å². The molecule has 0 radical (unpaired) electrons. The maximum atomic E-state index is 12.0. The minimum atomic E-state index is -0.503. The molecule has 0 fully saturated rings. The summed E-state index contributed by atoms with van der Waals surface area (Å²) in [6.45, 7) is 0.669. The van der Waals surface area contributed by atoms with Crippen LogP contribution in [0.25, 0.3) is 0 Å². The molecule has 9 heteroatoms. The zero-order chi connectivity index (χ0) is 19.1. The zero-order valence-electron chi connectivity index (χ0n) is 14.2. The number of thioether (sulfide) groups is 1. The van der Waals surface area contributed by atoms with Crippen LogP contribution in [0.1, 0.15) is 15.9 Å². The van der Waals surface area contributed by atoms with Crippen LogP contribution in [0.5, 0.6) is 0 Å². The molecule has 0 saturated carbocycles. The Hall–Kier alpha value is -2.91. The second-order valence-corrected chi connectivity index (χ2v) is 7.69. The van der Waals surface area contributed by atoms with E-state index in [2.05, 4.69) is 20.8 Å². The van der Waals surface area contributed by atoms with Crippen LogP contribution in [0.15, 0.2) is 58.9 Å². The predicted octanol–water partition coefficient (Wildman–Crippen LogP) is 2.98. The van der Waals surface area contributed by atoms with E-state index in [-0.39, 0.29) is 11.7 Å². The molecule has 3 aromatic rings. The van der Waals surface area contributed by atoms with Crippen LogP contribution in [0.4, 0.5) is 10.8 Å². The molecule has 0 aliphatic rings. The highest BCUT2D eigenvalue weighted by molar-refractivity contribution is 8.01. The highest BCUT2D eigenvalue weighted by Crippen LogP contribution is 2.26. The minimum absolute atomic E-state index is 0.166. The molecule has 3 rings (SSSR count). The Morgan fingerprint density at radius 3 is 2.48 bits per heavy atom. The Labute approximate surface area is 164 Å². The fraction of sp³-hybridized carbons (Fsp3) is 0.111. The summed E-state index contributed by atoms with van der Waals surface area (Å²) in [5.74, 6) is -0.456. The van der Waals surface area contributed by atoms with Gasteiger partial charge in [0, 0.05) is 17.8 Å². The first-order chi connectivity index (χ1) is 13.1. The number of primary amides is 1. The molecule has 7 nitrogen and oxygen atoms in total. The van der Waals surface area contributed by atoms with Crippen LogP contribution in [-0.4, -0.2) is 27.8 Å². The summed E-state index contributed by atoms with van der Waals surface area (Å²) >= 11 is 2.72. The molecule has 0 bridgehead atoms. The molecule has 2 amide bonds. The average molecular weight is 400 g/mol. The number of benzene rings is 2. The summed E-state index contributed by atoms with van der Waals surface area (Å²) in [7, 11) is 0. The first-order valence-corrected chi connectivity index (χ1v) is 9.84. The molecule has 0 saturated heterocycles. The van der Waals surface area contributed by atoms with E-state index < -0.39 is 5.91 Å². The predicted molar refractivity (Wildman–Crippen MR) is 108 cm³/mol. The van der Waals surface area contributed by atoms with Gasteiger partial charge in [0.1, 0.15) is 0 Å². The largest absolute Gasteiger partial charge is 0.366 e. The van der Waals surface area contributed by atoms with Gasteiger partial charge in [-0.15, -0.1) is 10.2 Å². The molecule has 0 aliphatic carbocycles. The number of nitrogens with two attached hydrogens (primary N) is 1. The molecular formula is C18H17N5O2S2. The van der Waals surface area contributed by atoms with E-state index in [9.17, 15) is 9.59 Å². The zero-order valence-corrected chi connectivity index (χ0v) is 15.8. The summed E-state index contributed by atoms with van der Waals surface area (Å²) in [5, 5.41) is 14.8. The van der Waals surface area contributed by atoms with Gasteiger partial charge in [-0.3, -0.25) is 9.59 Å². The summed E-state index contributed by atoms with van der Waals surface area (Å²) in [4.78, 5) is 23.1. The second-order valence-electron chi connectivity index (χ2n) is 5.49. The molecule has 2 aromatic carbocycles. The molecule has 138 valence electrons. The molecule has 1 aromatic heterocycles. The number of hydrogen-bond acceptors (Lipinski definition) is 7. The smallest absolute Gasteiger partial charge is 0.248 e. The minimum Gasteiger partial charge on any atom is -0.366 e. The van der Waals surface area contributed by atoms with Gasteiger partial charge in [0.05, 0.1) is 5.75 Å². The number of anilines is 2. The van der Waals surface area contributed by atoms with Crippen molar-refractivity contribution < 1.29 is 9.59 Å². The van der Waals surface area contributed by atoms with Crippen LogP contribution in [-0.2, 0) is 11.3 Å². The Kier molecular flexibility index (Phi) is 6.39. The average Bonchev–Trinajstić information content (AvgIpc) is 3.14. The van der Waals surface area contributed by atoms with Gasteiger partial charge in [-0.2, -0.15) is 0 Å². The van der Waals surface area contributed by atoms with Crippen LogP contribution in [0.3, 0.4) is 0 Å². The van der Waals surface area contributed by atoms with Crippen molar-refractivity contribution in [3.63, 3.8) is 0 Å². The van der Waals surface area contributed by atoms with Crippen molar-refractivity contribution in [2.24, 2.45) is 5.73 Å². The maximum absolute atomic E-state index is 12.0. The normalized spacial score (nSPS) is 10.4. The lowest BCUT2D eigenvalue weighted by molar-refractivity contribution is -0.113. The van der Waals surface area contributed by atoms with Crippen molar-refractivity contribution in [1.29, 1.82) is 0 Å². The van der Waals surface area contributed by atoms with Crippen molar-refractivity contribution in [2.75, 3.05) is 16.4 Å². The molecule has 0 atom stereocenters. The maximum Gasteiger partial charge on any atom is 0.248 e. The first kappa shape index (κ1) is 18.9. The molecule has 1 heterocycles. The first-order valence-electron chi connectivity index (χ1n) is 8.04. The Bertz CT molecular complexity index is 913. The quantitative estimate of drug-likeness (QED) is 0.502.